The minimum atomic E-state index is -4.93. The third kappa shape index (κ3) is 3.96. The molecule has 0 aromatic heterocycles. The summed E-state index contributed by atoms with van der Waals surface area (Å²) in [6.45, 7) is 1.40. The number of halogens is 3. The van der Waals surface area contributed by atoms with Gasteiger partial charge in [-0.2, -0.15) is 13.2 Å². The van der Waals surface area contributed by atoms with Gasteiger partial charge < -0.3 is 10.2 Å². The molecule has 1 N–H and O–H groups in total. The van der Waals surface area contributed by atoms with E-state index in [-0.39, 0.29) is 11.6 Å². The van der Waals surface area contributed by atoms with Crippen LogP contribution in [0.2, 0.25) is 0 Å². The molecule has 1 heterocycles. The van der Waals surface area contributed by atoms with Gasteiger partial charge in [-0.05, 0) is 43.5 Å². The van der Waals surface area contributed by atoms with Gasteiger partial charge >= 0.3 is 12.1 Å². The number of hydrogen-bond acceptors (Lipinski definition) is 2. The highest BCUT2D eigenvalue weighted by molar-refractivity contribution is 5.97. The molecule has 1 aliphatic rings. The summed E-state index contributed by atoms with van der Waals surface area (Å²) in [5.74, 6) is -2.17. The molecule has 0 radical (unpaired) electrons. The van der Waals surface area contributed by atoms with E-state index in [9.17, 15) is 22.8 Å². The van der Waals surface area contributed by atoms with Gasteiger partial charge in [0.25, 0.3) is 5.91 Å². The van der Waals surface area contributed by atoms with E-state index in [2.05, 4.69) is 0 Å². The van der Waals surface area contributed by atoms with Crippen molar-refractivity contribution in [2.75, 3.05) is 18.4 Å². The summed E-state index contributed by atoms with van der Waals surface area (Å²) in [7, 11) is 0. The molecule has 2 amide bonds. The maximum Gasteiger partial charge on any atom is 0.471 e. The number of hydrogen-bond donors (Lipinski definition) is 1. The maximum atomic E-state index is 12.2. The average molecular weight is 300 g/mol. The number of carbonyl (C=O) groups excluding carboxylic acids is 2. The number of carbonyl (C=O) groups is 2. The van der Waals surface area contributed by atoms with Crippen LogP contribution >= 0.6 is 0 Å². The molecular weight excluding hydrogens is 285 g/mol. The fourth-order valence-electron chi connectivity index (χ4n) is 2.18. The minimum absolute atomic E-state index is 0.00696. The number of likely N-dealkylation sites (tertiary alicyclic amines) is 1. The lowest BCUT2D eigenvalue weighted by molar-refractivity contribution is -0.167. The molecule has 1 aromatic carbocycles. The summed E-state index contributed by atoms with van der Waals surface area (Å²) in [5, 5.41) is 1.74. The molecule has 2 rings (SSSR count). The molecule has 1 saturated heterocycles. The van der Waals surface area contributed by atoms with E-state index in [1.54, 1.807) is 10.2 Å². The van der Waals surface area contributed by atoms with E-state index < -0.39 is 12.1 Å². The van der Waals surface area contributed by atoms with Crippen molar-refractivity contribution in [3.05, 3.63) is 29.8 Å². The fraction of sp³-hybridized carbons (Fsp3) is 0.429. The van der Waals surface area contributed by atoms with Crippen molar-refractivity contribution in [2.24, 2.45) is 0 Å². The quantitative estimate of drug-likeness (QED) is 0.913. The van der Waals surface area contributed by atoms with Crippen LogP contribution in [-0.4, -0.2) is 36.0 Å². The van der Waals surface area contributed by atoms with Crippen LogP contribution in [0.15, 0.2) is 24.3 Å². The van der Waals surface area contributed by atoms with Crippen molar-refractivity contribution in [3.8, 4) is 0 Å². The zero-order valence-electron chi connectivity index (χ0n) is 11.2. The first-order chi connectivity index (χ1) is 9.88. The first kappa shape index (κ1) is 15.3. The lowest BCUT2D eigenvalue weighted by atomic mass is 10.1. The van der Waals surface area contributed by atoms with E-state index in [1.807, 2.05) is 0 Å². The van der Waals surface area contributed by atoms with Gasteiger partial charge in [0.2, 0.25) is 0 Å². The second kappa shape index (κ2) is 6.15. The maximum absolute atomic E-state index is 12.2. The Bertz CT molecular complexity index is 520. The Morgan fingerprint density at radius 2 is 1.57 bits per heavy atom. The highest BCUT2D eigenvalue weighted by Gasteiger charge is 2.38. The molecule has 4 nitrogen and oxygen atoms in total. The summed E-state index contributed by atoms with van der Waals surface area (Å²) >= 11 is 0. The number of nitrogens with zero attached hydrogens (tertiary/aromatic N) is 1. The number of amides is 2. The molecule has 0 spiro atoms. The number of nitrogens with one attached hydrogen (secondary N) is 1. The molecule has 0 saturated carbocycles. The van der Waals surface area contributed by atoms with Crippen LogP contribution in [0, 0.1) is 0 Å². The van der Waals surface area contributed by atoms with Crippen molar-refractivity contribution in [3.63, 3.8) is 0 Å². The van der Waals surface area contributed by atoms with Crippen LogP contribution in [0.4, 0.5) is 18.9 Å². The first-order valence-corrected chi connectivity index (χ1v) is 6.65. The summed E-state index contributed by atoms with van der Waals surface area (Å²) in [6.07, 6.45) is -1.90. The average Bonchev–Trinajstić information content (AvgIpc) is 2.47. The van der Waals surface area contributed by atoms with Crippen molar-refractivity contribution in [2.45, 2.75) is 25.4 Å². The number of benzene rings is 1. The van der Waals surface area contributed by atoms with E-state index in [1.165, 1.54) is 24.3 Å². The highest BCUT2D eigenvalue weighted by Crippen LogP contribution is 2.19. The molecule has 21 heavy (non-hydrogen) atoms. The van der Waals surface area contributed by atoms with E-state index in [0.717, 1.165) is 19.3 Å². The summed E-state index contributed by atoms with van der Waals surface area (Å²) in [5.41, 5.74) is 0.412. The Kier molecular flexibility index (Phi) is 4.50. The number of anilines is 1. The highest BCUT2D eigenvalue weighted by atomic mass is 19.4. The van der Waals surface area contributed by atoms with E-state index in [4.69, 9.17) is 0 Å². The molecule has 1 aliphatic heterocycles. The Labute approximate surface area is 119 Å². The number of rotatable bonds is 2. The molecule has 114 valence electrons. The predicted molar refractivity (Wildman–Crippen MR) is 70.9 cm³/mol. The second-order valence-electron chi connectivity index (χ2n) is 4.88. The van der Waals surface area contributed by atoms with Crippen molar-refractivity contribution in [1.29, 1.82) is 0 Å². The Hall–Kier alpha value is -2.05. The lowest BCUT2D eigenvalue weighted by Gasteiger charge is -2.26. The van der Waals surface area contributed by atoms with Crippen LogP contribution in [0.25, 0.3) is 0 Å². The van der Waals surface area contributed by atoms with Gasteiger partial charge in [-0.1, -0.05) is 0 Å². The van der Waals surface area contributed by atoms with Gasteiger partial charge in [0.1, 0.15) is 0 Å². The van der Waals surface area contributed by atoms with Crippen molar-refractivity contribution >= 4 is 17.5 Å². The Morgan fingerprint density at radius 3 is 2.10 bits per heavy atom. The molecule has 0 bridgehead atoms. The molecule has 1 aromatic rings. The van der Waals surface area contributed by atoms with Gasteiger partial charge in [0, 0.05) is 24.3 Å². The second-order valence-corrected chi connectivity index (χ2v) is 4.88. The molecular formula is C14H15F3N2O2. The minimum Gasteiger partial charge on any atom is -0.339 e. The number of alkyl halides is 3. The summed E-state index contributed by atoms with van der Waals surface area (Å²) < 4.78 is 36.3. The Balaban J connectivity index is 2.01. The fourth-order valence-corrected chi connectivity index (χ4v) is 2.18. The first-order valence-electron chi connectivity index (χ1n) is 6.65. The van der Waals surface area contributed by atoms with Crippen LogP contribution < -0.4 is 5.32 Å². The van der Waals surface area contributed by atoms with Crippen molar-refractivity contribution < 1.29 is 22.8 Å². The SMILES string of the molecule is O=C(c1ccc(NC(=O)C(F)(F)F)cc1)N1CCCCC1. The number of piperidine rings is 1. The van der Waals surface area contributed by atoms with Crippen LogP contribution in [0.3, 0.4) is 0 Å². The van der Waals surface area contributed by atoms with E-state index >= 15 is 0 Å². The lowest BCUT2D eigenvalue weighted by Crippen LogP contribution is -2.35. The third-order valence-electron chi connectivity index (χ3n) is 3.29. The predicted octanol–water partition coefficient (Wildman–Crippen LogP) is 2.81. The van der Waals surface area contributed by atoms with Crippen LogP contribution in [0.1, 0.15) is 29.6 Å². The van der Waals surface area contributed by atoms with Gasteiger partial charge in [-0.15, -0.1) is 0 Å². The monoisotopic (exact) mass is 300 g/mol. The molecule has 7 heteroatoms. The molecule has 0 unspecified atom stereocenters. The summed E-state index contributed by atoms with van der Waals surface area (Å²) in [6, 6.07) is 5.42. The van der Waals surface area contributed by atoms with Crippen LogP contribution in [0.5, 0.6) is 0 Å². The standard InChI is InChI=1S/C14H15F3N2O2/c15-14(16,17)13(21)18-11-6-4-10(5-7-11)12(20)19-8-2-1-3-9-19/h4-7H,1-3,8-9H2,(H,18,21). The van der Waals surface area contributed by atoms with Gasteiger partial charge in [0.05, 0.1) is 0 Å². The zero-order chi connectivity index (χ0) is 15.5. The molecule has 0 atom stereocenters. The van der Waals surface area contributed by atoms with Gasteiger partial charge in [-0.25, -0.2) is 0 Å². The largest absolute Gasteiger partial charge is 0.471 e. The van der Waals surface area contributed by atoms with Crippen molar-refractivity contribution in [1.82, 2.24) is 4.90 Å². The topological polar surface area (TPSA) is 49.4 Å². The van der Waals surface area contributed by atoms with Gasteiger partial charge in [-0.3, -0.25) is 9.59 Å². The third-order valence-corrected chi connectivity index (χ3v) is 3.29. The van der Waals surface area contributed by atoms with Crippen LogP contribution in [-0.2, 0) is 4.79 Å². The molecule has 1 fully saturated rings. The zero-order valence-corrected chi connectivity index (χ0v) is 11.2. The smallest absolute Gasteiger partial charge is 0.339 e. The normalized spacial score (nSPS) is 15.7. The van der Waals surface area contributed by atoms with E-state index in [0.29, 0.717) is 18.7 Å². The van der Waals surface area contributed by atoms with Gasteiger partial charge in [0.15, 0.2) is 0 Å². The molecule has 0 aliphatic carbocycles. The summed E-state index contributed by atoms with van der Waals surface area (Å²) in [4.78, 5) is 24.7. The Morgan fingerprint density at radius 1 is 1.00 bits per heavy atom.